The van der Waals surface area contributed by atoms with Gasteiger partial charge in [-0.15, -0.1) is 0 Å². The average Bonchev–Trinajstić information content (AvgIpc) is 2.75. The molecule has 0 spiro atoms. The molecule has 0 saturated heterocycles. The molecule has 0 unspecified atom stereocenters. The Labute approximate surface area is 169 Å². The van der Waals surface area contributed by atoms with Gasteiger partial charge in [0.2, 0.25) is 0 Å². The number of hydrogen-bond donors (Lipinski definition) is 2. The van der Waals surface area contributed by atoms with Crippen molar-refractivity contribution >= 4 is 23.1 Å². The second-order valence-electron chi connectivity index (χ2n) is 6.03. The largest absolute Gasteiger partial charge is 0.497 e. The predicted octanol–water partition coefficient (Wildman–Crippen LogP) is 4.49. The summed E-state index contributed by atoms with van der Waals surface area (Å²) in [6, 6.07) is 16.0. The summed E-state index contributed by atoms with van der Waals surface area (Å²) < 4.78 is 16.0. The number of nitrogens with one attached hydrogen (secondary N) is 2. The number of benzene rings is 2. The van der Waals surface area contributed by atoms with E-state index in [1.165, 1.54) is 0 Å². The number of nitrogens with zero attached hydrogens (tertiary/aromatic N) is 1. The first kappa shape index (κ1) is 20.0. The maximum Gasteiger partial charge on any atom is 0.255 e. The van der Waals surface area contributed by atoms with Gasteiger partial charge in [0.25, 0.3) is 5.91 Å². The molecule has 2 N–H and O–H groups in total. The predicted molar refractivity (Wildman–Crippen MR) is 113 cm³/mol. The number of amides is 1. The third kappa shape index (κ3) is 5.16. The van der Waals surface area contributed by atoms with Crippen molar-refractivity contribution in [2.45, 2.75) is 6.92 Å². The van der Waals surface area contributed by atoms with Crippen LogP contribution in [0.4, 0.5) is 17.2 Å². The molecule has 2 aromatic carbocycles. The lowest BCUT2D eigenvalue weighted by Gasteiger charge is -2.13. The normalized spacial score (nSPS) is 10.2. The van der Waals surface area contributed by atoms with E-state index in [-0.39, 0.29) is 5.91 Å². The molecule has 7 nitrogen and oxygen atoms in total. The first-order chi connectivity index (χ1) is 14.1. The maximum atomic E-state index is 12.6. The van der Waals surface area contributed by atoms with E-state index in [4.69, 9.17) is 14.2 Å². The molecule has 0 aliphatic rings. The summed E-state index contributed by atoms with van der Waals surface area (Å²) in [5.41, 5.74) is 1.87. The molecule has 0 atom stereocenters. The van der Waals surface area contributed by atoms with E-state index in [0.29, 0.717) is 40.9 Å². The highest BCUT2D eigenvalue weighted by molar-refractivity contribution is 6.04. The highest BCUT2D eigenvalue weighted by atomic mass is 16.5. The number of hydrogen-bond acceptors (Lipinski definition) is 6. The fourth-order valence-electron chi connectivity index (χ4n) is 2.68. The molecular formula is C22H23N3O4. The minimum Gasteiger partial charge on any atom is -0.497 e. The number of pyridine rings is 1. The smallest absolute Gasteiger partial charge is 0.255 e. The van der Waals surface area contributed by atoms with E-state index in [1.807, 2.05) is 31.2 Å². The SMILES string of the molecule is CCOc1ccc(NC(=O)c2ccnc(Nc3ccc(OC)cc3OC)c2)cc1. The van der Waals surface area contributed by atoms with Crippen molar-refractivity contribution in [3.05, 3.63) is 66.4 Å². The summed E-state index contributed by atoms with van der Waals surface area (Å²) in [6.45, 7) is 2.52. The summed E-state index contributed by atoms with van der Waals surface area (Å²) >= 11 is 0. The fourth-order valence-corrected chi connectivity index (χ4v) is 2.68. The zero-order valence-electron chi connectivity index (χ0n) is 16.6. The number of ether oxygens (including phenoxy) is 3. The van der Waals surface area contributed by atoms with Crippen LogP contribution in [0.15, 0.2) is 60.8 Å². The molecule has 3 rings (SSSR count). The molecule has 0 bridgehead atoms. The van der Waals surface area contributed by atoms with Crippen molar-refractivity contribution in [1.29, 1.82) is 0 Å². The van der Waals surface area contributed by atoms with Gasteiger partial charge in [-0.05, 0) is 55.5 Å². The van der Waals surface area contributed by atoms with E-state index in [9.17, 15) is 4.79 Å². The fraction of sp³-hybridized carbons (Fsp3) is 0.182. The molecule has 0 aliphatic heterocycles. The van der Waals surface area contributed by atoms with Crippen LogP contribution in [0.1, 0.15) is 17.3 Å². The molecule has 0 aliphatic carbocycles. The van der Waals surface area contributed by atoms with Gasteiger partial charge in [-0.2, -0.15) is 0 Å². The first-order valence-electron chi connectivity index (χ1n) is 9.12. The topological polar surface area (TPSA) is 81.7 Å². The molecule has 3 aromatic rings. The van der Waals surface area contributed by atoms with Gasteiger partial charge in [0.1, 0.15) is 23.1 Å². The van der Waals surface area contributed by atoms with Crippen LogP contribution >= 0.6 is 0 Å². The van der Waals surface area contributed by atoms with Gasteiger partial charge in [0.05, 0.1) is 26.5 Å². The zero-order chi connectivity index (χ0) is 20.6. The van der Waals surface area contributed by atoms with Crippen LogP contribution in [0.2, 0.25) is 0 Å². The summed E-state index contributed by atoms with van der Waals surface area (Å²) in [5.74, 6) is 2.34. The second kappa shape index (κ2) is 9.45. The second-order valence-corrected chi connectivity index (χ2v) is 6.03. The van der Waals surface area contributed by atoms with Crippen LogP contribution in [0.25, 0.3) is 0 Å². The minimum atomic E-state index is -0.235. The van der Waals surface area contributed by atoms with E-state index in [0.717, 1.165) is 5.75 Å². The average molecular weight is 393 g/mol. The Hall–Kier alpha value is -3.74. The van der Waals surface area contributed by atoms with Crippen molar-refractivity contribution in [3.8, 4) is 17.2 Å². The molecule has 0 radical (unpaired) electrons. The van der Waals surface area contributed by atoms with E-state index < -0.39 is 0 Å². The molecule has 150 valence electrons. The number of rotatable bonds is 8. The quantitative estimate of drug-likeness (QED) is 0.587. The van der Waals surface area contributed by atoms with Crippen LogP contribution in [-0.4, -0.2) is 31.7 Å². The van der Waals surface area contributed by atoms with Crippen molar-refractivity contribution in [2.75, 3.05) is 31.5 Å². The molecule has 1 amide bonds. The highest BCUT2D eigenvalue weighted by Gasteiger charge is 2.10. The minimum absolute atomic E-state index is 0.235. The number of methoxy groups -OCH3 is 2. The van der Waals surface area contributed by atoms with Gasteiger partial charge in [-0.25, -0.2) is 4.98 Å². The standard InChI is InChI=1S/C22H23N3O4/c1-4-29-17-7-5-16(6-8-17)24-22(26)15-11-12-23-21(13-15)25-19-10-9-18(27-2)14-20(19)28-3/h5-14H,4H2,1-3H3,(H,23,25)(H,24,26). The summed E-state index contributed by atoms with van der Waals surface area (Å²) in [5, 5.41) is 6.03. The lowest BCUT2D eigenvalue weighted by atomic mass is 10.2. The molecule has 29 heavy (non-hydrogen) atoms. The van der Waals surface area contributed by atoms with Gasteiger partial charge in [-0.1, -0.05) is 0 Å². The molecule has 7 heteroatoms. The molecule has 1 aromatic heterocycles. The molecule has 0 saturated carbocycles. The van der Waals surface area contributed by atoms with Crippen molar-refractivity contribution < 1.29 is 19.0 Å². The van der Waals surface area contributed by atoms with Crippen molar-refractivity contribution in [2.24, 2.45) is 0 Å². The lowest BCUT2D eigenvalue weighted by Crippen LogP contribution is -2.12. The molecular weight excluding hydrogens is 370 g/mol. The Morgan fingerprint density at radius 2 is 1.72 bits per heavy atom. The van der Waals surface area contributed by atoms with Crippen LogP contribution in [0.3, 0.4) is 0 Å². The monoisotopic (exact) mass is 393 g/mol. The van der Waals surface area contributed by atoms with Crippen LogP contribution in [0.5, 0.6) is 17.2 Å². The van der Waals surface area contributed by atoms with Crippen LogP contribution in [0, 0.1) is 0 Å². The van der Waals surface area contributed by atoms with Gasteiger partial charge >= 0.3 is 0 Å². The zero-order valence-corrected chi connectivity index (χ0v) is 16.6. The number of carbonyl (C=O) groups is 1. The number of aromatic nitrogens is 1. The summed E-state index contributed by atoms with van der Waals surface area (Å²) in [6.07, 6.45) is 1.57. The van der Waals surface area contributed by atoms with E-state index in [2.05, 4.69) is 15.6 Å². The third-order valence-corrected chi connectivity index (χ3v) is 4.12. The van der Waals surface area contributed by atoms with Crippen LogP contribution in [-0.2, 0) is 0 Å². The Bertz CT molecular complexity index is 974. The van der Waals surface area contributed by atoms with Crippen molar-refractivity contribution in [1.82, 2.24) is 4.98 Å². The first-order valence-corrected chi connectivity index (χ1v) is 9.12. The molecule has 1 heterocycles. The van der Waals surface area contributed by atoms with Gasteiger partial charge < -0.3 is 24.8 Å². The van der Waals surface area contributed by atoms with E-state index >= 15 is 0 Å². The van der Waals surface area contributed by atoms with Crippen LogP contribution < -0.4 is 24.8 Å². The summed E-state index contributed by atoms with van der Waals surface area (Å²) in [4.78, 5) is 16.9. The maximum absolute atomic E-state index is 12.6. The summed E-state index contributed by atoms with van der Waals surface area (Å²) in [7, 11) is 3.17. The number of anilines is 3. The number of carbonyl (C=O) groups excluding carboxylic acids is 1. The van der Waals surface area contributed by atoms with E-state index in [1.54, 1.807) is 50.7 Å². The van der Waals surface area contributed by atoms with Gasteiger partial charge in [0.15, 0.2) is 0 Å². The Kier molecular flexibility index (Phi) is 6.52. The Balaban J connectivity index is 1.72. The molecule has 0 fully saturated rings. The Morgan fingerprint density at radius 1 is 0.966 bits per heavy atom. The Morgan fingerprint density at radius 3 is 2.41 bits per heavy atom. The van der Waals surface area contributed by atoms with Gasteiger partial charge in [0, 0.05) is 23.5 Å². The highest BCUT2D eigenvalue weighted by Crippen LogP contribution is 2.31. The lowest BCUT2D eigenvalue weighted by molar-refractivity contribution is 0.102. The van der Waals surface area contributed by atoms with Gasteiger partial charge in [-0.3, -0.25) is 4.79 Å². The third-order valence-electron chi connectivity index (χ3n) is 4.12. The van der Waals surface area contributed by atoms with Crippen molar-refractivity contribution in [3.63, 3.8) is 0 Å².